The minimum atomic E-state index is 0.546. The predicted molar refractivity (Wildman–Crippen MR) is 124 cm³/mol. The Labute approximate surface area is 174 Å². The van der Waals surface area contributed by atoms with Crippen LogP contribution in [0.4, 0.5) is 0 Å². The molecule has 28 heavy (non-hydrogen) atoms. The largest absolute Gasteiger partial charge is 0.290 e. The predicted octanol–water partition coefficient (Wildman–Crippen LogP) is 7.50. The van der Waals surface area contributed by atoms with Crippen molar-refractivity contribution in [2.24, 2.45) is 11.8 Å². The van der Waals surface area contributed by atoms with E-state index in [1.807, 2.05) is 0 Å². The first-order valence-electron chi connectivity index (χ1n) is 11.6. The summed E-state index contributed by atoms with van der Waals surface area (Å²) in [6.45, 7) is 14.1. The molecule has 0 aliphatic carbocycles. The summed E-state index contributed by atoms with van der Waals surface area (Å²) in [4.78, 5) is 0. The van der Waals surface area contributed by atoms with Gasteiger partial charge in [0.15, 0.2) is 0 Å². The average Bonchev–Trinajstić information content (AvgIpc) is 2.75. The molecule has 1 aromatic carbocycles. The van der Waals surface area contributed by atoms with Crippen LogP contribution in [0.2, 0.25) is 0 Å². The van der Waals surface area contributed by atoms with E-state index in [2.05, 4.69) is 100 Å². The molecule has 1 aliphatic heterocycles. The van der Waals surface area contributed by atoms with Gasteiger partial charge in [0, 0.05) is 30.1 Å². The number of rotatable bonds is 11. The lowest BCUT2D eigenvalue weighted by Gasteiger charge is -2.46. The molecule has 0 N–H and O–H groups in total. The normalized spacial score (nSPS) is 18.6. The van der Waals surface area contributed by atoms with Crippen molar-refractivity contribution in [2.75, 3.05) is 0 Å². The van der Waals surface area contributed by atoms with Gasteiger partial charge in [0.2, 0.25) is 0 Å². The molecule has 0 fully saturated rings. The smallest absolute Gasteiger partial charge is 0.0499 e. The van der Waals surface area contributed by atoms with E-state index in [0.29, 0.717) is 12.1 Å². The summed E-state index contributed by atoms with van der Waals surface area (Å²) in [6, 6.07) is 11.9. The lowest BCUT2D eigenvalue weighted by atomic mass is 9.95. The van der Waals surface area contributed by atoms with E-state index >= 15 is 0 Å². The van der Waals surface area contributed by atoms with Gasteiger partial charge in [-0.05, 0) is 49.2 Å². The molecule has 2 rings (SSSR count). The quantitative estimate of drug-likeness (QED) is 0.391. The van der Waals surface area contributed by atoms with E-state index in [-0.39, 0.29) is 0 Å². The van der Waals surface area contributed by atoms with Gasteiger partial charge >= 0.3 is 0 Å². The summed E-state index contributed by atoms with van der Waals surface area (Å²) in [7, 11) is 0. The van der Waals surface area contributed by atoms with E-state index in [4.69, 9.17) is 0 Å². The maximum absolute atomic E-state index is 2.57. The number of nitrogens with zero attached hydrogens (tertiary/aromatic N) is 2. The lowest BCUT2D eigenvalue weighted by Crippen LogP contribution is -2.49. The van der Waals surface area contributed by atoms with Crippen molar-refractivity contribution in [2.45, 2.75) is 92.2 Å². The van der Waals surface area contributed by atoms with E-state index < -0.39 is 0 Å². The molecule has 156 valence electrons. The third-order valence-electron chi connectivity index (χ3n) is 6.49. The van der Waals surface area contributed by atoms with Gasteiger partial charge in [-0.3, -0.25) is 10.0 Å². The van der Waals surface area contributed by atoms with E-state index in [1.54, 1.807) is 0 Å². The fourth-order valence-electron chi connectivity index (χ4n) is 4.08. The van der Waals surface area contributed by atoms with Crippen molar-refractivity contribution in [1.29, 1.82) is 0 Å². The van der Waals surface area contributed by atoms with Crippen LogP contribution in [0.1, 0.15) is 85.6 Å². The van der Waals surface area contributed by atoms with Crippen LogP contribution in [0.25, 0.3) is 5.57 Å². The second-order valence-electron chi connectivity index (χ2n) is 8.65. The van der Waals surface area contributed by atoms with Crippen LogP contribution in [0.3, 0.4) is 0 Å². The number of hydrogen-bond donors (Lipinski definition) is 0. The SMILES string of the molecule is CCC(C)CC(CC)N1C=CC(c2ccccc2)=CN1C(CC)CC(C)CC. The van der Waals surface area contributed by atoms with Gasteiger partial charge in [-0.25, -0.2) is 0 Å². The van der Waals surface area contributed by atoms with E-state index in [1.165, 1.54) is 49.7 Å². The minimum Gasteiger partial charge on any atom is -0.290 e. The number of hydrazine groups is 1. The monoisotopic (exact) mass is 382 g/mol. The Kier molecular flexibility index (Phi) is 9.15. The zero-order valence-electron chi connectivity index (χ0n) is 19.1. The van der Waals surface area contributed by atoms with Crippen molar-refractivity contribution < 1.29 is 0 Å². The van der Waals surface area contributed by atoms with Crippen LogP contribution in [-0.2, 0) is 0 Å². The molecule has 0 radical (unpaired) electrons. The first kappa shape index (κ1) is 22.6. The van der Waals surface area contributed by atoms with Gasteiger partial charge in [0.25, 0.3) is 0 Å². The highest BCUT2D eigenvalue weighted by Crippen LogP contribution is 2.31. The summed E-state index contributed by atoms with van der Waals surface area (Å²) >= 11 is 0. The average molecular weight is 383 g/mol. The number of allylic oxidation sites excluding steroid dienone is 2. The first-order chi connectivity index (χ1) is 13.5. The van der Waals surface area contributed by atoms with Gasteiger partial charge in [0.05, 0.1) is 0 Å². The number of benzene rings is 1. The molecule has 1 heterocycles. The Bertz CT molecular complexity index is 619. The summed E-state index contributed by atoms with van der Waals surface area (Å²) < 4.78 is 0. The second kappa shape index (κ2) is 11.3. The Hall–Kier alpha value is -1.70. The molecule has 0 saturated carbocycles. The Morgan fingerprint density at radius 3 is 1.75 bits per heavy atom. The summed E-state index contributed by atoms with van der Waals surface area (Å²) in [6.07, 6.45) is 14.4. The molecule has 0 spiro atoms. The molecule has 0 saturated heterocycles. The van der Waals surface area contributed by atoms with Gasteiger partial charge < -0.3 is 0 Å². The van der Waals surface area contributed by atoms with Crippen molar-refractivity contribution in [1.82, 2.24) is 10.0 Å². The third kappa shape index (κ3) is 5.90. The fourth-order valence-corrected chi connectivity index (χ4v) is 4.08. The molecule has 0 aromatic heterocycles. The molecular formula is C26H42N2. The van der Waals surface area contributed by atoms with Gasteiger partial charge in [-0.1, -0.05) is 84.7 Å². The zero-order chi connectivity index (χ0) is 20.5. The van der Waals surface area contributed by atoms with Crippen molar-refractivity contribution in [3.8, 4) is 0 Å². The molecule has 0 bridgehead atoms. The molecule has 4 unspecified atom stereocenters. The van der Waals surface area contributed by atoms with Crippen molar-refractivity contribution in [3.63, 3.8) is 0 Å². The molecule has 0 amide bonds. The van der Waals surface area contributed by atoms with Crippen LogP contribution >= 0.6 is 0 Å². The Morgan fingerprint density at radius 2 is 1.25 bits per heavy atom. The Balaban J connectivity index is 2.35. The molecular weight excluding hydrogens is 340 g/mol. The molecule has 1 aromatic rings. The topological polar surface area (TPSA) is 6.48 Å². The summed E-state index contributed by atoms with van der Waals surface area (Å²) in [5, 5.41) is 5.13. The fraction of sp³-hybridized carbons (Fsp3) is 0.615. The molecule has 1 aliphatic rings. The van der Waals surface area contributed by atoms with E-state index in [9.17, 15) is 0 Å². The summed E-state index contributed by atoms with van der Waals surface area (Å²) in [5.41, 5.74) is 2.62. The van der Waals surface area contributed by atoms with Crippen molar-refractivity contribution in [3.05, 3.63) is 54.4 Å². The highest BCUT2D eigenvalue weighted by atomic mass is 15.6. The van der Waals surface area contributed by atoms with Crippen LogP contribution < -0.4 is 0 Å². The second-order valence-corrected chi connectivity index (χ2v) is 8.65. The van der Waals surface area contributed by atoms with Crippen LogP contribution in [0.5, 0.6) is 0 Å². The minimum absolute atomic E-state index is 0.546. The van der Waals surface area contributed by atoms with Crippen LogP contribution in [0.15, 0.2) is 48.8 Å². The van der Waals surface area contributed by atoms with E-state index in [0.717, 1.165) is 11.8 Å². The van der Waals surface area contributed by atoms with Gasteiger partial charge in [-0.15, -0.1) is 0 Å². The molecule has 2 nitrogen and oxygen atoms in total. The van der Waals surface area contributed by atoms with Gasteiger partial charge in [-0.2, -0.15) is 0 Å². The molecule has 2 heteroatoms. The maximum Gasteiger partial charge on any atom is 0.0499 e. The standard InChI is InChI=1S/C26H42N2/c1-7-21(5)18-25(9-3)27-17-16-24(23-14-12-11-13-15-23)20-28(27)26(10-4)19-22(6)8-2/h11-17,20-22,25-26H,7-10,18-19H2,1-6H3. The maximum atomic E-state index is 2.57. The van der Waals surface area contributed by atoms with Crippen LogP contribution in [0, 0.1) is 11.8 Å². The summed E-state index contributed by atoms with van der Waals surface area (Å²) in [5.74, 6) is 1.51. The zero-order valence-corrected chi connectivity index (χ0v) is 19.1. The Morgan fingerprint density at radius 1 is 0.714 bits per heavy atom. The van der Waals surface area contributed by atoms with Crippen molar-refractivity contribution >= 4 is 5.57 Å². The van der Waals surface area contributed by atoms with Gasteiger partial charge in [0.1, 0.15) is 0 Å². The highest BCUT2D eigenvalue weighted by Gasteiger charge is 2.28. The highest BCUT2D eigenvalue weighted by molar-refractivity contribution is 5.74. The first-order valence-corrected chi connectivity index (χ1v) is 11.6. The third-order valence-corrected chi connectivity index (χ3v) is 6.49. The lowest BCUT2D eigenvalue weighted by molar-refractivity contribution is -0.0249. The molecule has 4 atom stereocenters. The number of hydrogen-bond acceptors (Lipinski definition) is 2. The van der Waals surface area contributed by atoms with Crippen LogP contribution in [-0.4, -0.2) is 22.1 Å².